The van der Waals surface area contributed by atoms with Crippen LogP contribution in [0.5, 0.6) is 5.75 Å². The number of halogens is 4. The van der Waals surface area contributed by atoms with E-state index in [0.717, 1.165) is 44.4 Å². The summed E-state index contributed by atoms with van der Waals surface area (Å²) in [6.07, 6.45) is -2.53. The highest BCUT2D eigenvalue weighted by molar-refractivity contribution is 14.0. The molecule has 0 aromatic heterocycles. The maximum atomic E-state index is 12.4. The first kappa shape index (κ1) is 26.1. The van der Waals surface area contributed by atoms with Gasteiger partial charge in [-0.05, 0) is 25.0 Å². The van der Waals surface area contributed by atoms with E-state index in [-0.39, 0.29) is 36.6 Å². The van der Waals surface area contributed by atoms with Gasteiger partial charge >= 0.3 is 6.18 Å². The average molecular weight is 543 g/mol. The summed E-state index contributed by atoms with van der Waals surface area (Å²) in [5, 5.41) is 6.05. The Morgan fingerprint density at radius 3 is 2.77 bits per heavy atom. The quantitative estimate of drug-likeness (QED) is 0.328. The smallest absolute Gasteiger partial charge is 0.406 e. The Labute approximate surface area is 192 Å². The number of guanidine groups is 1. The first-order chi connectivity index (χ1) is 13.7. The standard InChI is InChI=1S/C19H28F3N5O2.HI/c1-23-18(24-11-17(28)26(2)13-19(20,21)22)25-14-6-5-9-27(12-14)15-7-4-8-16(10-15)29-3;/h4,7-8,10,14H,5-6,9,11-13H2,1-3H3,(H2,23,24,25);1H. The molecule has 1 aliphatic rings. The van der Waals surface area contributed by atoms with Gasteiger partial charge in [-0.25, -0.2) is 0 Å². The van der Waals surface area contributed by atoms with Crippen molar-refractivity contribution in [2.45, 2.75) is 25.1 Å². The average Bonchev–Trinajstić information content (AvgIpc) is 2.69. The van der Waals surface area contributed by atoms with Crippen molar-refractivity contribution in [1.82, 2.24) is 15.5 Å². The Morgan fingerprint density at radius 1 is 1.40 bits per heavy atom. The second-order valence-corrected chi connectivity index (χ2v) is 6.92. The molecule has 1 heterocycles. The molecule has 1 aliphatic heterocycles. The molecule has 1 unspecified atom stereocenters. The molecule has 1 amide bonds. The van der Waals surface area contributed by atoms with Crippen LogP contribution in [0.15, 0.2) is 29.3 Å². The number of likely N-dealkylation sites (N-methyl/N-ethyl adjacent to an activating group) is 1. The number of alkyl halides is 3. The van der Waals surface area contributed by atoms with E-state index < -0.39 is 18.6 Å². The van der Waals surface area contributed by atoms with E-state index in [1.54, 1.807) is 14.2 Å². The van der Waals surface area contributed by atoms with Gasteiger partial charge in [-0.2, -0.15) is 13.2 Å². The summed E-state index contributed by atoms with van der Waals surface area (Å²) in [6.45, 7) is 0.101. The monoisotopic (exact) mass is 543 g/mol. The van der Waals surface area contributed by atoms with E-state index in [1.165, 1.54) is 0 Å². The number of hydrogen-bond acceptors (Lipinski definition) is 4. The SMILES string of the molecule is CN=C(NCC(=O)N(C)CC(F)(F)F)NC1CCCN(c2cccc(OC)c2)C1.I. The number of nitrogens with one attached hydrogen (secondary N) is 2. The summed E-state index contributed by atoms with van der Waals surface area (Å²) in [4.78, 5) is 18.8. The number of rotatable bonds is 6. The number of aliphatic imine (C=N–C) groups is 1. The van der Waals surface area contributed by atoms with E-state index in [0.29, 0.717) is 10.9 Å². The van der Waals surface area contributed by atoms with E-state index in [9.17, 15) is 18.0 Å². The Kier molecular flexibility index (Phi) is 10.5. The van der Waals surface area contributed by atoms with Crippen LogP contribution in [0, 0.1) is 0 Å². The molecule has 1 aromatic carbocycles. The van der Waals surface area contributed by atoms with Gasteiger partial charge in [0.25, 0.3) is 0 Å². The Morgan fingerprint density at radius 2 is 2.13 bits per heavy atom. The van der Waals surface area contributed by atoms with Gasteiger partial charge in [-0.15, -0.1) is 24.0 Å². The number of nitrogens with zero attached hydrogens (tertiary/aromatic N) is 3. The van der Waals surface area contributed by atoms with Crippen LogP contribution in [-0.4, -0.2) is 76.4 Å². The van der Waals surface area contributed by atoms with Gasteiger partial charge < -0.3 is 25.2 Å². The first-order valence-electron chi connectivity index (χ1n) is 9.38. The fourth-order valence-electron chi connectivity index (χ4n) is 3.18. The minimum atomic E-state index is -4.42. The summed E-state index contributed by atoms with van der Waals surface area (Å²) in [5.74, 6) is 0.514. The largest absolute Gasteiger partial charge is 0.497 e. The molecular weight excluding hydrogens is 514 g/mol. The minimum absolute atomic E-state index is 0. The second-order valence-electron chi connectivity index (χ2n) is 6.92. The van der Waals surface area contributed by atoms with Crippen LogP contribution >= 0.6 is 24.0 Å². The molecule has 1 atom stereocenters. The van der Waals surface area contributed by atoms with Crippen LogP contribution in [0.2, 0.25) is 0 Å². The molecule has 1 aromatic rings. The zero-order valence-electron chi connectivity index (χ0n) is 17.3. The molecule has 2 N–H and O–H groups in total. The first-order valence-corrected chi connectivity index (χ1v) is 9.38. The molecule has 0 radical (unpaired) electrons. The number of hydrogen-bond donors (Lipinski definition) is 2. The number of carbonyl (C=O) groups is 1. The van der Waals surface area contributed by atoms with E-state index >= 15 is 0 Å². The van der Waals surface area contributed by atoms with Crippen LogP contribution in [0.4, 0.5) is 18.9 Å². The number of amides is 1. The molecule has 0 saturated carbocycles. The maximum Gasteiger partial charge on any atom is 0.406 e. The van der Waals surface area contributed by atoms with Crippen LogP contribution in [-0.2, 0) is 4.79 Å². The topological polar surface area (TPSA) is 69.2 Å². The molecule has 7 nitrogen and oxygen atoms in total. The van der Waals surface area contributed by atoms with Gasteiger partial charge in [-0.1, -0.05) is 6.07 Å². The third-order valence-electron chi connectivity index (χ3n) is 4.65. The number of benzene rings is 1. The summed E-state index contributed by atoms with van der Waals surface area (Å²) in [6, 6.07) is 7.91. The summed E-state index contributed by atoms with van der Waals surface area (Å²) < 4.78 is 42.5. The second kappa shape index (κ2) is 12.1. The number of methoxy groups -OCH3 is 1. The molecule has 11 heteroatoms. The van der Waals surface area contributed by atoms with Gasteiger partial charge in [0.15, 0.2) is 5.96 Å². The Hall–Kier alpha value is -1.92. The van der Waals surface area contributed by atoms with Crippen LogP contribution in [0.1, 0.15) is 12.8 Å². The lowest BCUT2D eigenvalue weighted by Gasteiger charge is -2.35. The van der Waals surface area contributed by atoms with E-state index in [4.69, 9.17) is 4.74 Å². The number of ether oxygens (including phenoxy) is 1. The van der Waals surface area contributed by atoms with Crippen molar-refractivity contribution in [2.24, 2.45) is 4.99 Å². The lowest BCUT2D eigenvalue weighted by Crippen LogP contribution is -2.52. The van der Waals surface area contributed by atoms with Crippen molar-refractivity contribution >= 4 is 41.5 Å². The molecule has 30 heavy (non-hydrogen) atoms. The summed E-state index contributed by atoms with van der Waals surface area (Å²) in [5.41, 5.74) is 1.06. The normalized spacial score (nSPS) is 17.1. The number of anilines is 1. The fourth-order valence-corrected chi connectivity index (χ4v) is 3.18. The molecular formula is C19H29F3IN5O2. The van der Waals surface area contributed by atoms with Crippen molar-refractivity contribution in [3.8, 4) is 5.75 Å². The van der Waals surface area contributed by atoms with Crippen molar-refractivity contribution in [2.75, 3.05) is 52.3 Å². The summed E-state index contributed by atoms with van der Waals surface area (Å²) >= 11 is 0. The van der Waals surface area contributed by atoms with Crippen molar-refractivity contribution in [3.05, 3.63) is 24.3 Å². The Bertz CT molecular complexity index is 718. The van der Waals surface area contributed by atoms with Crippen molar-refractivity contribution < 1.29 is 22.7 Å². The van der Waals surface area contributed by atoms with Crippen LogP contribution < -0.4 is 20.3 Å². The molecule has 1 fully saturated rings. The predicted molar refractivity (Wildman–Crippen MR) is 122 cm³/mol. The van der Waals surface area contributed by atoms with Crippen LogP contribution in [0.3, 0.4) is 0 Å². The minimum Gasteiger partial charge on any atom is -0.497 e. The number of carbonyl (C=O) groups excluding carboxylic acids is 1. The molecule has 1 saturated heterocycles. The third-order valence-corrected chi connectivity index (χ3v) is 4.65. The van der Waals surface area contributed by atoms with Gasteiger partial charge in [0.1, 0.15) is 12.3 Å². The van der Waals surface area contributed by atoms with Gasteiger partial charge in [0.05, 0.1) is 13.7 Å². The molecule has 0 bridgehead atoms. The fraction of sp³-hybridized carbons (Fsp3) is 0.579. The molecule has 170 valence electrons. The third kappa shape index (κ3) is 8.44. The number of piperidine rings is 1. The van der Waals surface area contributed by atoms with Gasteiger partial charge in [0.2, 0.25) is 5.91 Å². The van der Waals surface area contributed by atoms with Gasteiger partial charge in [0, 0.05) is 45.0 Å². The maximum absolute atomic E-state index is 12.4. The zero-order chi connectivity index (χ0) is 21.4. The van der Waals surface area contributed by atoms with Crippen molar-refractivity contribution in [1.29, 1.82) is 0 Å². The molecule has 0 spiro atoms. The Balaban J connectivity index is 0.00000450. The van der Waals surface area contributed by atoms with Crippen molar-refractivity contribution in [3.63, 3.8) is 0 Å². The lowest BCUT2D eigenvalue weighted by atomic mass is 10.0. The highest BCUT2D eigenvalue weighted by atomic mass is 127. The predicted octanol–water partition coefficient (Wildman–Crippen LogP) is 2.47. The molecule has 2 rings (SSSR count). The molecule has 0 aliphatic carbocycles. The summed E-state index contributed by atoms with van der Waals surface area (Å²) in [7, 11) is 4.31. The highest BCUT2D eigenvalue weighted by Gasteiger charge is 2.31. The highest BCUT2D eigenvalue weighted by Crippen LogP contribution is 2.24. The lowest BCUT2D eigenvalue weighted by molar-refractivity contribution is -0.157. The van der Waals surface area contributed by atoms with Crippen LogP contribution in [0.25, 0.3) is 0 Å². The van der Waals surface area contributed by atoms with Gasteiger partial charge in [-0.3, -0.25) is 9.79 Å². The van der Waals surface area contributed by atoms with E-state index in [1.807, 2.05) is 24.3 Å². The zero-order valence-corrected chi connectivity index (χ0v) is 19.7. The van der Waals surface area contributed by atoms with E-state index in [2.05, 4.69) is 20.5 Å².